The van der Waals surface area contributed by atoms with Gasteiger partial charge in [0.1, 0.15) is 0 Å². The van der Waals surface area contributed by atoms with Crippen LogP contribution < -0.4 is 0 Å². The Kier molecular flexibility index (Phi) is 3.66. The van der Waals surface area contributed by atoms with Crippen molar-refractivity contribution in [1.82, 2.24) is 0 Å². The first kappa shape index (κ1) is 13.1. The Bertz CT molecular complexity index is 614. The molecule has 0 aliphatic carbocycles. The quantitative estimate of drug-likeness (QED) is 0.788. The molecule has 0 fully saturated rings. The van der Waals surface area contributed by atoms with Crippen molar-refractivity contribution < 1.29 is 9.53 Å². The van der Waals surface area contributed by atoms with Crippen LogP contribution in [0.3, 0.4) is 0 Å². The third-order valence-electron chi connectivity index (χ3n) is 3.84. The first-order valence-electron chi connectivity index (χ1n) is 7.03. The van der Waals surface area contributed by atoms with E-state index < -0.39 is 0 Å². The van der Waals surface area contributed by atoms with E-state index >= 15 is 0 Å². The fourth-order valence-electron chi connectivity index (χ4n) is 2.67. The molecule has 20 heavy (non-hydrogen) atoms. The first-order valence-corrected chi connectivity index (χ1v) is 7.03. The Labute approximate surface area is 119 Å². The van der Waals surface area contributed by atoms with Crippen LogP contribution in [-0.2, 0) is 11.2 Å². The molecule has 1 heterocycles. The molecule has 102 valence electrons. The number of benzene rings is 2. The zero-order chi connectivity index (χ0) is 13.9. The lowest BCUT2D eigenvalue weighted by molar-refractivity contribution is 0.0352. The highest BCUT2D eigenvalue weighted by atomic mass is 16.5. The normalized spacial score (nSPS) is 17.6. The van der Waals surface area contributed by atoms with Crippen LogP contribution >= 0.6 is 0 Å². The van der Waals surface area contributed by atoms with Crippen LogP contribution in [0.4, 0.5) is 0 Å². The van der Waals surface area contributed by atoms with Crippen molar-refractivity contribution in [3.05, 3.63) is 70.8 Å². The molecule has 0 saturated heterocycles. The predicted octanol–water partition coefficient (Wildman–Crippen LogP) is 3.88. The number of aryl methyl sites for hydroxylation is 1. The summed E-state index contributed by atoms with van der Waals surface area (Å²) in [6.45, 7) is 2.72. The molecule has 3 rings (SSSR count). The second-order valence-corrected chi connectivity index (χ2v) is 5.30. The first-order chi connectivity index (χ1) is 9.74. The molecule has 1 aliphatic rings. The lowest BCUT2D eigenvalue weighted by Crippen LogP contribution is -2.19. The SMILES string of the molecule is Cc1ccc(C(=O)CC2OCCc3ccccc32)cc1. The maximum Gasteiger partial charge on any atom is 0.165 e. The molecule has 0 saturated carbocycles. The third kappa shape index (κ3) is 2.66. The summed E-state index contributed by atoms with van der Waals surface area (Å²) in [6.07, 6.45) is 1.25. The largest absolute Gasteiger partial charge is 0.373 e. The third-order valence-corrected chi connectivity index (χ3v) is 3.84. The number of Topliss-reactive ketones (excluding diaryl/α,β-unsaturated/α-hetero) is 1. The van der Waals surface area contributed by atoms with Gasteiger partial charge in [0.15, 0.2) is 5.78 Å². The smallest absolute Gasteiger partial charge is 0.165 e. The Morgan fingerprint density at radius 3 is 2.70 bits per heavy atom. The molecule has 0 N–H and O–H groups in total. The molecule has 2 heteroatoms. The zero-order valence-corrected chi connectivity index (χ0v) is 11.6. The molecule has 0 aromatic heterocycles. The van der Waals surface area contributed by atoms with Gasteiger partial charge in [-0.15, -0.1) is 0 Å². The highest BCUT2D eigenvalue weighted by Crippen LogP contribution is 2.30. The van der Waals surface area contributed by atoms with Crippen LogP contribution in [0.25, 0.3) is 0 Å². The lowest BCUT2D eigenvalue weighted by Gasteiger charge is -2.25. The van der Waals surface area contributed by atoms with Gasteiger partial charge >= 0.3 is 0 Å². The summed E-state index contributed by atoms with van der Waals surface area (Å²) >= 11 is 0. The molecule has 2 aromatic carbocycles. The maximum atomic E-state index is 12.4. The number of ether oxygens (including phenoxy) is 1. The van der Waals surface area contributed by atoms with Crippen molar-refractivity contribution in [3.63, 3.8) is 0 Å². The van der Waals surface area contributed by atoms with E-state index in [4.69, 9.17) is 4.74 Å². The Balaban J connectivity index is 1.79. The topological polar surface area (TPSA) is 26.3 Å². The summed E-state index contributed by atoms with van der Waals surface area (Å²) in [5, 5.41) is 0. The molecule has 2 aromatic rings. The second-order valence-electron chi connectivity index (χ2n) is 5.30. The van der Waals surface area contributed by atoms with Gasteiger partial charge in [0, 0.05) is 12.0 Å². The molecular weight excluding hydrogens is 248 g/mol. The van der Waals surface area contributed by atoms with Gasteiger partial charge in [0.2, 0.25) is 0 Å². The minimum absolute atomic E-state index is 0.103. The summed E-state index contributed by atoms with van der Waals surface area (Å²) in [5.74, 6) is 0.145. The Morgan fingerprint density at radius 1 is 1.15 bits per heavy atom. The molecule has 0 bridgehead atoms. The fourth-order valence-corrected chi connectivity index (χ4v) is 2.67. The van der Waals surface area contributed by atoms with E-state index in [0.29, 0.717) is 13.0 Å². The van der Waals surface area contributed by atoms with Gasteiger partial charge in [0.25, 0.3) is 0 Å². The summed E-state index contributed by atoms with van der Waals surface area (Å²) in [4.78, 5) is 12.4. The average molecular weight is 266 g/mol. The summed E-state index contributed by atoms with van der Waals surface area (Å²) < 4.78 is 5.80. The Morgan fingerprint density at radius 2 is 1.90 bits per heavy atom. The lowest BCUT2D eigenvalue weighted by atomic mass is 9.93. The molecule has 1 aliphatic heterocycles. The molecular formula is C18H18O2. The highest BCUT2D eigenvalue weighted by Gasteiger charge is 2.23. The van der Waals surface area contributed by atoms with E-state index in [-0.39, 0.29) is 11.9 Å². The van der Waals surface area contributed by atoms with E-state index in [0.717, 1.165) is 12.0 Å². The van der Waals surface area contributed by atoms with Crippen LogP contribution in [0.5, 0.6) is 0 Å². The van der Waals surface area contributed by atoms with Crippen LogP contribution in [0.2, 0.25) is 0 Å². The zero-order valence-electron chi connectivity index (χ0n) is 11.6. The average Bonchev–Trinajstić information content (AvgIpc) is 2.48. The van der Waals surface area contributed by atoms with E-state index in [1.165, 1.54) is 16.7 Å². The van der Waals surface area contributed by atoms with Crippen molar-refractivity contribution in [3.8, 4) is 0 Å². The molecule has 0 spiro atoms. The summed E-state index contributed by atoms with van der Waals surface area (Å²) in [6, 6.07) is 16.0. The van der Waals surface area contributed by atoms with Gasteiger partial charge in [0.05, 0.1) is 12.7 Å². The van der Waals surface area contributed by atoms with Crippen LogP contribution in [0.15, 0.2) is 48.5 Å². The van der Waals surface area contributed by atoms with Crippen molar-refractivity contribution in [1.29, 1.82) is 0 Å². The van der Waals surface area contributed by atoms with Gasteiger partial charge in [-0.1, -0.05) is 54.1 Å². The number of hydrogen-bond acceptors (Lipinski definition) is 2. The number of ketones is 1. The monoisotopic (exact) mass is 266 g/mol. The van der Waals surface area contributed by atoms with Crippen LogP contribution in [0, 0.1) is 6.92 Å². The molecule has 0 amide bonds. The maximum absolute atomic E-state index is 12.4. The minimum Gasteiger partial charge on any atom is -0.373 e. The number of carbonyl (C=O) groups excluding carboxylic acids is 1. The van der Waals surface area contributed by atoms with Crippen molar-refractivity contribution in [2.24, 2.45) is 0 Å². The van der Waals surface area contributed by atoms with Crippen molar-refractivity contribution >= 4 is 5.78 Å². The van der Waals surface area contributed by atoms with Gasteiger partial charge in [-0.25, -0.2) is 0 Å². The van der Waals surface area contributed by atoms with E-state index in [9.17, 15) is 4.79 Å². The van der Waals surface area contributed by atoms with E-state index in [2.05, 4.69) is 12.1 Å². The summed E-state index contributed by atoms with van der Waals surface area (Å²) in [7, 11) is 0. The Hall–Kier alpha value is -1.93. The van der Waals surface area contributed by atoms with E-state index in [1.54, 1.807) is 0 Å². The molecule has 2 nitrogen and oxygen atoms in total. The second kappa shape index (κ2) is 5.59. The van der Waals surface area contributed by atoms with E-state index in [1.807, 2.05) is 43.3 Å². The van der Waals surface area contributed by atoms with Gasteiger partial charge in [-0.3, -0.25) is 4.79 Å². The number of fused-ring (bicyclic) bond motifs is 1. The summed E-state index contributed by atoms with van der Waals surface area (Å²) in [5.41, 5.74) is 4.41. The fraction of sp³-hybridized carbons (Fsp3) is 0.278. The standard InChI is InChI=1S/C18H18O2/c1-13-6-8-15(9-7-13)17(19)12-18-16-5-3-2-4-14(16)10-11-20-18/h2-9,18H,10-12H2,1H3. The molecule has 1 unspecified atom stereocenters. The van der Waals surface area contributed by atoms with Gasteiger partial charge < -0.3 is 4.74 Å². The van der Waals surface area contributed by atoms with Crippen LogP contribution in [0.1, 0.15) is 39.6 Å². The van der Waals surface area contributed by atoms with Crippen molar-refractivity contribution in [2.75, 3.05) is 6.61 Å². The highest BCUT2D eigenvalue weighted by molar-refractivity contribution is 5.96. The minimum atomic E-state index is -0.103. The number of rotatable bonds is 3. The number of carbonyl (C=O) groups is 1. The van der Waals surface area contributed by atoms with Gasteiger partial charge in [-0.2, -0.15) is 0 Å². The van der Waals surface area contributed by atoms with Crippen molar-refractivity contribution in [2.45, 2.75) is 25.9 Å². The molecule has 0 radical (unpaired) electrons. The van der Waals surface area contributed by atoms with Crippen LogP contribution in [-0.4, -0.2) is 12.4 Å². The molecule has 1 atom stereocenters. The number of hydrogen-bond donors (Lipinski definition) is 0. The predicted molar refractivity (Wildman–Crippen MR) is 79.0 cm³/mol. The van der Waals surface area contributed by atoms with Gasteiger partial charge in [-0.05, 0) is 24.5 Å².